The summed E-state index contributed by atoms with van der Waals surface area (Å²) in [6.45, 7) is 3.17. The van der Waals surface area contributed by atoms with Crippen molar-refractivity contribution in [2.24, 2.45) is 11.8 Å². The summed E-state index contributed by atoms with van der Waals surface area (Å²) in [7, 11) is 0. The van der Waals surface area contributed by atoms with E-state index < -0.39 is 48.5 Å². The predicted octanol–water partition coefficient (Wildman–Crippen LogP) is 2.76. The van der Waals surface area contributed by atoms with Crippen LogP contribution in [-0.2, 0) is 14.3 Å². The summed E-state index contributed by atoms with van der Waals surface area (Å²) in [5.41, 5.74) is -4.76. The fourth-order valence-electron chi connectivity index (χ4n) is 3.25. The Kier molecular flexibility index (Phi) is 4.93. The Morgan fingerprint density at radius 3 is 2.04 bits per heavy atom. The molecular weight excluding hydrogens is 346 g/mol. The summed E-state index contributed by atoms with van der Waals surface area (Å²) in [5.74, 6) is -2.03. The first kappa shape index (κ1) is 19.0. The van der Waals surface area contributed by atoms with E-state index in [1.54, 1.807) is 0 Å². The molecule has 2 bridgehead atoms. The Morgan fingerprint density at radius 1 is 1.12 bits per heavy atom. The van der Waals surface area contributed by atoms with Crippen molar-refractivity contribution in [2.45, 2.75) is 49.4 Å². The number of carbonyl (C=O) groups is 1. The molecule has 10 heteroatoms. The summed E-state index contributed by atoms with van der Waals surface area (Å²) in [5, 5.41) is 9.26. The maximum absolute atomic E-state index is 12.7. The number of esters is 1. The topological polar surface area (TPSA) is 55.8 Å². The van der Waals surface area contributed by atoms with Crippen LogP contribution in [0.1, 0.15) is 19.3 Å². The Balaban J connectivity index is 2.00. The molecule has 2 rings (SSSR count). The van der Waals surface area contributed by atoms with E-state index in [9.17, 15) is 36.2 Å². The number of halogens is 6. The zero-order chi connectivity index (χ0) is 18.3. The monoisotopic (exact) mass is 362 g/mol. The number of ether oxygens (including phenoxy) is 2. The Hall–Kier alpha value is -1.29. The van der Waals surface area contributed by atoms with E-state index in [4.69, 9.17) is 9.47 Å². The molecule has 0 aliphatic carbocycles. The molecule has 0 saturated carbocycles. The zero-order valence-electron chi connectivity index (χ0n) is 12.4. The summed E-state index contributed by atoms with van der Waals surface area (Å²) in [6, 6.07) is 0. The number of hydrogen-bond acceptors (Lipinski definition) is 4. The third-order valence-electron chi connectivity index (χ3n) is 4.57. The molecule has 0 aromatic rings. The van der Waals surface area contributed by atoms with Crippen molar-refractivity contribution in [3.63, 3.8) is 0 Å². The van der Waals surface area contributed by atoms with Gasteiger partial charge in [-0.15, -0.1) is 0 Å². The molecule has 4 unspecified atom stereocenters. The van der Waals surface area contributed by atoms with Gasteiger partial charge in [0.15, 0.2) is 0 Å². The second-order valence-corrected chi connectivity index (χ2v) is 6.10. The van der Waals surface area contributed by atoms with Crippen molar-refractivity contribution in [1.82, 2.24) is 0 Å². The van der Waals surface area contributed by atoms with Gasteiger partial charge in [-0.25, -0.2) is 4.79 Å². The van der Waals surface area contributed by atoms with Gasteiger partial charge in [0.25, 0.3) is 5.60 Å². The van der Waals surface area contributed by atoms with Gasteiger partial charge in [-0.2, -0.15) is 26.3 Å². The maximum Gasteiger partial charge on any atom is 0.426 e. The highest BCUT2D eigenvalue weighted by Gasteiger charge is 2.71. The number of fused-ring (bicyclic) bond motifs is 2. The highest BCUT2D eigenvalue weighted by atomic mass is 19.4. The quantitative estimate of drug-likeness (QED) is 0.464. The van der Waals surface area contributed by atoms with Crippen molar-refractivity contribution in [3.05, 3.63) is 12.7 Å². The summed E-state index contributed by atoms with van der Waals surface area (Å²) >= 11 is 0. The van der Waals surface area contributed by atoms with Crippen LogP contribution in [0.25, 0.3) is 0 Å². The van der Waals surface area contributed by atoms with Crippen molar-refractivity contribution in [3.8, 4) is 0 Å². The molecule has 0 amide bonds. The van der Waals surface area contributed by atoms with E-state index in [0.29, 0.717) is 0 Å². The van der Waals surface area contributed by atoms with Crippen LogP contribution in [0.2, 0.25) is 0 Å². The van der Waals surface area contributed by atoms with Gasteiger partial charge in [0.05, 0.1) is 18.8 Å². The lowest BCUT2D eigenvalue weighted by molar-refractivity contribution is -0.373. The summed E-state index contributed by atoms with van der Waals surface area (Å²) < 4.78 is 86.7. The smallest absolute Gasteiger partial charge is 0.426 e. The molecule has 4 nitrogen and oxygen atoms in total. The number of rotatable bonds is 5. The van der Waals surface area contributed by atoms with Gasteiger partial charge in [0.1, 0.15) is 0 Å². The van der Waals surface area contributed by atoms with E-state index in [1.807, 2.05) is 0 Å². The van der Waals surface area contributed by atoms with Gasteiger partial charge in [-0.05, 0) is 25.2 Å². The van der Waals surface area contributed by atoms with Crippen LogP contribution in [0, 0.1) is 11.8 Å². The van der Waals surface area contributed by atoms with Gasteiger partial charge in [0.2, 0.25) is 0 Å². The minimum atomic E-state index is -5.83. The molecule has 2 aliphatic rings. The first-order valence-electron chi connectivity index (χ1n) is 7.19. The first-order chi connectivity index (χ1) is 10.9. The fraction of sp³-hybridized carbons (Fsp3) is 0.786. The molecule has 24 heavy (non-hydrogen) atoms. The highest BCUT2D eigenvalue weighted by Crippen LogP contribution is 2.52. The van der Waals surface area contributed by atoms with Crippen molar-refractivity contribution in [2.75, 3.05) is 6.61 Å². The van der Waals surface area contributed by atoms with E-state index in [-0.39, 0.29) is 25.4 Å². The lowest BCUT2D eigenvalue weighted by atomic mass is 9.76. The largest absolute Gasteiger partial charge is 0.462 e. The second kappa shape index (κ2) is 6.21. The SMILES string of the molecule is C=CC(=O)OCC1CC2OC1CC2CC(O)(C(F)(F)F)C(F)(F)F. The number of aliphatic hydroxyl groups is 1. The van der Waals surface area contributed by atoms with E-state index in [1.165, 1.54) is 0 Å². The number of hydrogen-bond donors (Lipinski definition) is 1. The summed E-state index contributed by atoms with van der Waals surface area (Å²) in [4.78, 5) is 11.0. The molecule has 2 aliphatic heterocycles. The van der Waals surface area contributed by atoms with Crippen LogP contribution in [0.15, 0.2) is 12.7 Å². The lowest BCUT2D eigenvalue weighted by Crippen LogP contribution is -2.58. The first-order valence-corrected chi connectivity index (χ1v) is 7.19. The van der Waals surface area contributed by atoms with Crippen LogP contribution in [0.3, 0.4) is 0 Å². The van der Waals surface area contributed by atoms with Gasteiger partial charge in [-0.1, -0.05) is 6.58 Å². The van der Waals surface area contributed by atoms with Crippen molar-refractivity contribution >= 4 is 5.97 Å². The molecule has 1 N–H and O–H groups in total. The van der Waals surface area contributed by atoms with Crippen LogP contribution in [0.4, 0.5) is 26.3 Å². The van der Waals surface area contributed by atoms with Crippen LogP contribution >= 0.6 is 0 Å². The minimum Gasteiger partial charge on any atom is -0.462 e. The average molecular weight is 362 g/mol. The summed E-state index contributed by atoms with van der Waals surface area (Å²) in [6.07, 6.45) is -13.5. The normalized spacial score (nSPS) is 30.5. The molecule has 138 valence electrons. The predicted molar refractivity (Wildman–Crippen MR) is 67.7 cm³/mol. The van der Waals surface area contributed by atoms with Gasteiger partial charge < -0.3 is 14.6 Å². The Bertz CT molecular complexity index is 486. The third kappa shape index (κ3) is 3.39. The standard InChI is InChI=1S/C14H16F6O4/c1-2-11(21)23-6-8-4-9-7(3-10(8)24-9)5-12(22,13(15,16)17)14(18,19)20/h2,7-10,22H,1,3-6H2. The lowest BCUT2D eigenvalue weighted by Gasteiger charge is -2.36. The Morgan fingerprint density at radius 2 is 1.62 bits per heavy atom. The maximum atomic E-state index is 12.7. The van der Waals surface area contributed by atoms with Gasteiger partial charge in [0, 0.05) is 12.0 Å². The van der Waals surface area contributed by atoms with E-state index in [2.05, 4.69) is 6.58 Å². The second-order valence-electron chi connectivity index (χ2n) is 6.10. The van der Waals surface area contributed by atoms with Crippen LogP contribution in [-0.4, -0.2) is 47.8 Å². The molecule has 0 radical (unpaired) electrons. The number of alkyl halides is 6. The average Bonchev–Trinajstić information content (AvgIpc) is 3.01. The van der Waals surface area contributed by atoms with E-state index >= 15 is 0 Å². The highest BCUT2D eigenvalue weighted by molar-refractivity contribution is 5.81. The molecule has 2 fully saturated rings. The van der Waals surface area contributed by atoms with Gasteiger partial charge in [-0.3, -0.25) is 0 Å². The molecular formula is C14H16F6O4. The molecule has 2 heterocycles. The van der Waals surface area contributed by atoms with Crippen LogP contribution in [0.5, 0.6) is 0 Å². The van der Waals surface area contributed by atoms with Crippen molar-refractivity contribution in [1.29, 1.82) is 0 Å². The van der Waals surface area contributed by atoms with E-state index in [0.717, 1.165) is 6.08 Å². The minimum absolute atomic E-state index is 0.0401. The fourth-order valence-corrected chi connectivity index (χ4v) is 3.25. The van der Waals surface area contributed by atoms with Crippen molar-refractivity contribution < 1.29 is 45.7 Å². The molecule has 0 aromatic heterocycles. The molecule has 0 aromatic carbocycles. The van der Waals surface area contributed by atoms with Gasteiger partial charge >= 0.3 is 18.3 Å². The molecule has 4 atom stereocenters. The van der Waals surface area contributed by atoms with Crippen LogP contribution < -0.4 is 0 Å². The molecule has 0 spiro atoms. The third-order valence-corrected chi connectivity index (χ3v) is 4.57. The number of carbonyl (C=O) groups excluding carboxylic acids is 1. The molecule has 2 saturated heterocycles. The Labute approximate surface area is 133 Å². The zero-order valence-corrected chi connectivity index (χ0v) is 12.4.